The van der Waals surface area contributed by atoms with Crippen LogP contribution in [0.5, 0.6) is 0 Å². The molecule has 1 N–H and O–H groups in total. The summed E-state index contributed by atoms with van der Waals surface area (Å²) in [5, 5.41) is 9.12. The largest absolute Gasteiger partial charge is 0.465 e. The van der Waals surface area contributed by atoms with Gasteiger partial charge >= 0.3 is 11.9 Å². The monoisotopic (exact) mass is 382 g/mol. The van der Waals surface area contributed by atoms with E-state index in [0.717, 1.165) is 25.7 Å². The van der Waals surface area contributed by atoms with E-state index < -0.39 is 17.4 Å². The van der Waals surface area contributed by atoms with Gasteiger partial charge in [-0.15, -0.1) is 0 Å². The van der Waals surface area contributed by atoms with Gasteiger partial charge in [-0.3, -0.25) is 9.59 Å². The van der Waals surface area contributed by atoms with Crippen molar-refractivity contribution in [2.45, 2.75) is 77.6 Å². The van der Waals surface area contributed by atoms with Gasteiger partial charge in [0.15, 0.2) is 0 Å². The van der Waals surface area contributed by atoms with Crippen molar-refractivity contribution >= 4 is 11.9 Å². The van der Waals surface area contributed by atoms with E-state index in [0.29, 0.717) is 18.6 Å². The number of unbranched alkanes of at least 4 members (excludes halogenated alkanes) is 5. The third-order valence-electron chi connectivity index (χ3n) is 4.59. The molecule has 0 saturated heterocycles. The van der Waals surface area contributed by atoms with Gasteiger partial charge in [0, 0.05) is 6.42 Å². The number of carbonyl (C=O) groups is 2. The summed E-state index contributed by atoms with van der Waals surface area (Å²) in [6.07, 6.45) is 6.76. The molecule has 0 fully saturated rings. The van der Waals surface area contributed by atoms with Crippen LogP contribution in [0.1, 0.15) is 77.2 Å². The second kappa shape index (κ2) is 12.5. The van der Waals surface area contributed by atoms with Crippen molar-refractivity contribution in [3.05, 3.63) is 23.7 Å². The number of esters is 2. The highest BCUT2D eigenvalue weighted by atomic mass is 16.6. The average Bonchev–Trinajstić information content (AvgIpc) is 3.11. The molecule has 27 heavy (non-hydrogen) atoms. The first-order valence-corrected chi connectivity index (χ1v) is 10.1. The quantitative estimate of drug-likeness (QED) is 0.298. The van der Waals surface area contributed by atoms with Crippen molar-refractivity contribution in [3.8, 4) is 0 Å². The van der Waals surface area contributed by atoms with Crippen molar-refractivity contribution in [2.75, 3.05) is 19.8 Å². The van der Waals surface area contributed by atoms with Crippen LogP contribution < -0.4 is 0 Å². The zero-order chi connectivity index (χ0) is 20.1. The maximum atomic E-state index is 12.9. The van der Waals surface area contributed by atoms with Crippen LogP contribution in [0.25, 0.3) is 0 Å². The summed E-state index contributed by atoms with van der Waals surface area (Å²) in [5.74, 6) is -0.520. The second-order valence-electron chi connectivity index (χ2n) is 6.60. The standard InChI is InChI=1S/C21H34O6/c1-4-7-8-9-10-11-15-21(19(23)25-5-2,20(24)26-6-3)18-13-12-17(27-18)14-16-22/h12-13,22H,4-11,14-16H2,1-3H3. The van der Waals surface area contributed by atoms with Crippen LogP contribution in [0.15, 0.2) is 16.5 Å². The summed E-state index contributed by atoms with van der Waals surface area (Å²) in [5.41, 5.74) is -1.59. The minimum Gasteiger partial charge on any atom is -0.465 e. The molecule has 1 rings (SSSR count). The molecule has 0 aliphatic heterocycles. The van der Waals surface area contributed by atoms with Gasteiger partial charge in [-0.1, -0.05) is 45.4 Å². The van der Waals surface area contributed by atoms with Gasteiger partial charge in [0.25, 0.3) is 0 Å². The van der Waals surface area contributed by atoms with E-state index in [-0.39, 0.29) is 32.0 Å². The normalized spacial score (nSPS) is 11.4. The maximum Gasteiger partial charge on any atom is 0.331 e. The topological polar surface area (TPSA) is 86.0 Å². The molecule has 0 aliphatic carbocycles. The number of hydrogen-bond donors (Lipinski definition) is 1. The zero-order valence-electron chi connectivity index (χ0n) is 16.9. The summed E-state index contributed by atoms with van der Waals surface area (Å²) in [4.78, 5) is 25.8. The molecule has 0 radical (unpaired) electrons. The van der Waals surface area contributed by atoms with Gasteiger partial charge in [0.2, 0.25) is 5.41 Å². The first-order valence-electron chi connectivity index (χ1n) is 10.1. The number of furan rings is 1. The highest BCUT2D eigenvalue weighted by Gasteiger charge is 2.52. The van der Waals surface area contributed by atoms with E-state index in [1.807, 2.05) is 0 Å². The summed E-state index contributed by atoms with van der Waals surface area (Å²) in [7, 11) is 0. The van der Waals surface area contributed by atoms with Crippen molar-refractivity contribution in [3.63, 3.8) is 0 Å². The van der Waals surface area contributed by atoms with Crippen molar-refractivity contribution in [1.29, 1.82) is 0 Å². The van der Waals surface area contributed by atoms with Gasteiger partial charge in [-0.2, -0.15) is 0 Å². The van der Waals surface area contributed by atoms with Crippen LogP contribution in [-0.2, 0) is 30.9 Å². The molecule has 1 aromatic rings. The van der Waals surface area contributed by atoms with Gasteiger partial charge in [0.05, 0.1) is 19.8 Å². The van der Waals surface area contributed by atoms with E-state index in [1.54, 1.807) is 26.0 Å². The summed E-state index contributed by atoms with van der Waals surface area (Å²) < 4.78 is 16.2. The molecule has 154 valence electrons. The van der Waals surface area contributed by atoms with Crippen LogP contribution in [-0.4, -0.2) is 36.9 Å². The molecule has 1 aromatic heterocycles. The van der Waals surface area contributed by atoms with Crippen LogP contribution in [0.4, 0.5) is 0 Å². The van der Waals surface area contributed by atoms with Crippen LogP contribution >= 0.6 is 0 Å². The molecule has 6 nitrogen and oxygen atoms in total. The number of hydrogen-bond acceptors (Lipinski definition) is 6. The predicted molar refractivity (Wildman–Crippen MR) is 102 cm³/mol. The molecule has 0 spiro atoms. The van der Waals surface area contributed by atoms with E-state index in [9.17, 15) is 9.59 Å². The lowest BCUT2D eigenvalue weighted by Gasteiger charge is -2.27. The summed E-state index contributed by atoms with van der Waals surface area (Å²) in [6, 6.07) is 3.30. The first kappa shape index (κ1) is 23.2. The Balaban J connectivity index is 3.10. The maximum absolute atomic E-state index is 12.9. The molecule has 0 saturated carbocycles. The van der Waals surface area contributed by atoms with E-state index in [1.165, 1.54) is 6.42 Å². The number of carbonyl (C=O) groups excluding carboxylic acids is 2. The van der Waals surface area contributed by atoms with Crippen molar-refractivity contribution in [2.24, 2.45) is 0 Å². The minimum absolute atomic E-state index is 0.0732. The Morgan fingerprint density at radius 2 is 1.56 bits per heavy atom. The molecular weight excluding hydrogens is 348 g/mol. The Morgan fingerprint density at radius 3 is 2.11 bits per heavy atom. The van der Waals surface area contributed by atoms with Gasteiger partial charge < -0.3 is 19.0 Å². The molecule has 0 aromatic carbocycles. The Labute approximate surface area is 162 Å². The fourth-order valence-corrected chi connectivity index (χ4v) is 3.14. The Bertz CT molecular complexity index is 545. The molecule has 0 atom stereocenters. The van der Waals surface area contributed by atoms with Gasteiger partial charge in [-0.25, -0.2) is 0 Å². The molecule has 0 amide bonds. The van der Waals surface area contributed by atoms with E-state index in [4.69, 9.17) is 19.0 Å². The number of ether oxygens (including phenoxy) is 2. The summed E-state index contributed by atoms with van der Waals surface area (Å²) in [6.45, 7) is 5.83. The van der Waals surface area contributed by atoms with Crippen LogP contribution in [0.3, 0.4) is 0 Å². The van der Waals surface area contributed by atoms with Crippen LogP contribution in [0, 0.1) is 0 Å². The number of aliphatic hydroxyl groups excluding tert-OH is 1. The van der Waals surface area contributed by atoms with Crippen molar-refractivity contribution < 1.29 is 28.6 Å². The highest BCUT2D eigenvalue weighted by molar-refractivity contribution is 6.05. The van der Waals surface area contributed by atoms with Crippen molar-refractivity contribution in [1.82, 2.24) is 0 Å². The summed E-state index contributed by atoms with van der Waals surface area (Å²) >= 11 is 0. The molecule has 6 heteroatoms. The Kier molecular flexibility index (Phi) is 10.8. The molecule has 0 bridgehead atoms. The third-order valence-corrected chi connectivity index (χ3v) is 4.59. The lowest BCUT2D eigenvalue weighted by Crippen LogP contribution is -2.46. The Morgan fingerprint density at radius 1 is 0.963 bits per heavy atom. The van der Waals surface area contributed by atoms with E-state index in [2.05, 4.69) is 6.92 Å². The average molecular weight is 382 g/mol. The van der Waals surface area contributed by atoms with Gasteiger partial charge in [-0.05, 0) is 32.4 Å². The second-order valence-corrected chi connectivity index (χ2v) is 6.60. The minimum atomic E-state index is -1.59. The number of rotatable bonds is 14. The molecular formula is C21H34O6. The van der Waals surface area contributed by atoms with Crippen LogP contribution in [0.2, 0.25) is 0 Å². The SMILES string of the molecule is CCCCCCCCC(C(=O)OCC)(C(=O)OCC)c1ccc(CCO)o1. The third kappa shape index (κ3) is 6.38. The fourth-order valence-electron chi connectivity index (χ4n) is 3.14. The lowest BCUT2D eigenvalue weighted by molar-refractivity contribution is -0.166. The predicted octanol–water partition coefficient (Wildman–Crippen LogP) is 3.93. The first-order chi connectivity index (χ1) is 13.1. The number of aliphatic hydroxyl groups is 1. The van der Waals surface area contributed by atoms with E-state index >= 15 is 0 Å². The fraction of sp³-hybridized carbons (Fsp3) is 0.714. The van der Waals surface area contributed by atoms with Gasteiger partial charge in [0.1, 0.15) is 11.5 Å². The molecule has 1 heterocycles. The Hall–Kier alpha value is -1.82. The zero-order valence-corrected chi connectivity index (χ0v) is 16.9. The smallest absolute Gasteiger partial charge is 0.331 e. The molecule has 0 unspecified atom stereocenters. The molecule has 0 aliphatic rings. The highest BCUT2D eigenvalue weighted by Crippen LogP contribution is 2.35. The lowest BCUT2D eigenvalue weighted by atomic mass is 9.79.